The largest absolute Gasteiger partial charge is 0.469 e. The van der Waals surface area contributed by atoms with E-state index >= 15 is 0 Å². The zero-order valence-corrected chi connectivity index (χ0v) is 6.17. The number of rotatable bonds is 1. The fourth-order valence-electron chi connectivity index (χ4n) is 1.15. The van der Waals surface area contributed by atoms with Crippen molar-refractivity contribution in [1.29, 1.82) is 0 Å². The molecule has 1 unspecified atom stereocenters. The van der Waals surface area contributed by atoms with Crippen LogP contribution in [0.25, 0.3) is 0 Å². The van der Waals surface area contributed by atoms with Crippen molar-refractivity contribution >= 4 is 5.97 Å². The lowest BCUT2D eigenvalue weighted by molar-refractivity contribution is -0.146. The molecule has 0 saturated carbocycles. The van der Waals surface area contributed by atoms with Crippen molar-refractivity contribution in [1.82, 2.24) is 5.32 Å². The minimum atomic E-state index is -0.108. The molecular weight excluding hydrogens is 130 g/mol. The Morgan fingerprint density at radius 3 is 3.00 bits per heavy atom. The Morgan fingerprint density at radius 1 is 1.70 bits per heavy atom. The standard InChI is InChI=1S/C7H12NO2/c1-10-7(9)6-3-2-4-8-5-6/h6H,2-5H2,1H3. The predicted octanol–water partition coefficient (Wildman–Crippen LogP) is 0.174. The van der Waals surface area contributed by atoms with E-state index in [-0.39, 0.29) is 11.9 Å². The molecule has 0 aromatic rings. The average Bonchev–Trinajstić information content (AvgIpc) is 2.05. The molecule has 1 rings (SSSR count). The number of esters is 1. The summed E-state index contributed by atoms with van der Waals surface area (Å²) in [6.07, 6.45) is 1.97. The number of hydrogen-bond acceptors (Lipinski definition) is 2. The summed E-state index contributed by atoms with van der Waals surface area (Å²) in [5.41, 5.74) is 0. The Morgan fingerprint density at radius 2 is 2.50 bits per heavy atom. The van der Waals surface area contributed by atoms with Gasteiger partial charge < -0.3 is 4.74 Å². The molecule has 1 aliphatic rings. The fourth-order valence-corrected chi connectivity index (χ4v) is 1.15. The predicted molar refractivity (Wildman–Crippen MR) is 36.6 cm³/mol. The van der Waals surface area contributed by atoms with E-state index in [0.717, 1.165) is 19.4 Å². The highest BCUT2D eigenvalue weighted by atomic mass is 16.5. The Bertz CT molecular complexity index is 119. The van der Waals surface area contributed by atoms with Gasteiger partial charge in [-0.1, -0.05) is 0 Å². The molecule has 1 atom stereocenters. The van der Waals surface area contributed by atoms with Crippen LogP contribution in [0.15, 0.2) is 0 Å². The molecule has 57 valence electrons. The molecule has 1 heterocycles. The molecule has 1 fully saturated rings. The van der Waals surface area contributed by atoms with Gasteiger partial charge in [-0.3, -0.25) is 4.79 Å². The lowest BCUT2D eigenvalue weighted by Gasteiger charge is -2.18. The SMILES string of the molecule is COC(=O)C1CCC[N]C1. The molecule has 1 radical (unpaired) electrons. The molecular formula is C7H12NO2. The number of hydrogen-bond donors (Lipinski definition) is 0. The molecule has 0 aromatic carbocycles. The van der Waals surface area contributed by atoms with Crippen LogP contribution in [-0.2, 0) is 9.53 Å². The van der Waals surface area contributed by atoms with Gasteiger partial charge in [0, 0.05) is 13.1 Å². The van der Waals surface area contributed by atoms with Gasteiger partial charge in [-0.25, -0.2) is 5.32 Å². The minimum absolute atomic E-state index is 0.0405. The van der Waals surface area contributed by atoms with Crippen molar-refractivity contribution in [2.75, 3.05) is 20.2 Å². The second kappa shape index (κ2) is 3.56. The van der Waals surface area contributed by atoms with Crippen LogP contribution in [0.1, 0.15) is 12.8 Å². The van der Waals surface area contributed by atoms with Crippen molar-refractivity contribution in [3.63, 3.8) is 0 Å². The summed E-state index contributed by atoms with van der Waals surface area (Å²) in [5.74, 6) is -0.0674. The first-order valence-electron chi connectivity index (χ1n) is 3.55. The Balaban J connectivity index is 2.31. The first kappa shape index (κ1) is 7.54. The summed E-state index contributed by atoms with van der Waals surface area (Å²) in [6, 6.07) is 0. The van der Waals surface area contributed by atoms with Crippen LogP contribution < -0.4 is 5.32 Å². The number of piperidine rings is 1. The Kier molecular flexibility index (Phi) is 2.68. The summed E-state index contributed by atoms with van der Waals surface area (Å²) >= 11 is 0. The van der Waals surface area contributed by atoms with E-state index in [0.29, 0.717) is 6.54 Å². The van der Waals surface area contributed by atoms with Crippen LogP contribution in [0.2, 0.25) is 0 Å². The number of methoxy groups -OCH3 is 1. The van der Waals surface area contributed by atoms with Gasteiger partial charge in [-0.05, 0) is 12.8 Å². The molecule has 1 aliphatic heterocycles. The summed E-state index contributed by atoms with van der Waals surface area (Å²) in [6.45, 7) is 1.57. The lowest BCUT2D eigenvalue weighted by atomic mass is 10.0. The highest BCUT2D eigenvalue weighted by molar-refractivity contribution is 5.72. The Labute approximate surface area is 60.7 Å². The summed E-state index contributed by atoms with van der Waals surface area (Å²) in [5, 5.41) is 4.13. The molecule has 3 heteroatoms. The van der Waals surface area contributed by atoms with E-state index in [1.165, 1.54) is 7.11 Å². The van der Waals surface area contributed by atoms with Crippen LogP contribution in [0, 0.1) is 5.92 Å². The maximum absolute atomic E-state index is 10.9. The maximum atomic E-state index is 10.9. The molecule has 10 heavy (non-hydrogen) atoms. The third kappa shape index (κ3) is 1.70. The van der Waals surface area contributed by atoms with Gasteiger partial charge in [-0.2, -0.15) is 0 Å². The average molecular weight is 142 g/mol. The molecule has 0 aliphatic carbocycles. The van der Waals surface area contributed by atoms with E-state index in [1.807, 2.05) is 0 Å². The van der Waals surface area contributed by atoms with Gasteiger partial charge in [0.05, 0.1) is 13.0 Å². The van der Waals surface area contributed by atoms with Gasteiger partial charge >= 0.3 is 5.97 Å². The highest BCUT2D eigenvalue weighted by Crippen LogP contribution is 2.11. The Hall–Kier alpha value is -0.570. The number of ether oxygens (including phenoxy) is 1. The first-order chi connectivity index (χ1) is 4.84. The third-order valence-corrected chi connectivity index (χ3v) is 1.75. The number of nitrogens with zero attached hydrogens (tertiary/aromatic N) is 1. The second-order valence-electron chi connectivity index (χ2n) is 2.49. The molecule has 3 nitrogen and oxygen atoms in total. The molecule has 0 spiro atoms. The van der Waals surface area contributed by atoms with E-state index in [9.17, 15) is 4.79 Å². The van der Waals surface area contributed by atoms with Gasteiger partial charge in [0.15, 0.2) is 0 Å². The van der Waals surface area contributed by atoms with E-state index in [4.69, 9.17) is 0 Å². The van der Waals surface area contributed by atoms with Crippen LogP contribution in [0.5, 0.6) is 0 Å². The summed E-state index contributed by atoms with van der Waals surface area (Å²) in [4.78, 5) is 10.9. The lowest BCUT2D eigenvalue weighted by Crippen LogP contribution is -2.30. The van der Waals surface area contributed by atoms with Gasteiger partial charge in [0.25, 0.3) is 0 Å². The van der Waals surface area contributed by atoms with Crippen LogP contribution in [-0.4, -0.2) is 26.2 Å². The molecule has 1 saturated heterocycles. The molecule has 0 amide bonds. The first-order valence-corrected chi connectivity index (χ1v) is 3.55. The van der Waals surface area contributed by atoms with Crippen molar-refractivity contribution in [3.8, 4) is 0 Å². The fraction of sp³-hybridized carbons (Fsp3) is 0.857. The number of carbonyl (C=O) groups excluding carboxylic acids is 1. The van der Waals surface area contributed by atoms with Gasteiger partial charge in [0.1, 0.15) is 0 Å². The van der Waals surface area contributed by atoms with Crippen LogP contribution in [0.4, 0.5) is 0 Å². The smallest absolute Gasteiger partial charge is 0.310 e. The second-order valence-corrected chi connectivity index (χ2v) is 2.49. The normalized spacial score (nSPS) is 25.9. The topological polar surface area (TPSA) is 40.4 Å². The third-order valence-electron chi connectivity index (χ3n) is 1.75. The van der Waals surface area contributed by atoms with Crippen molar-refractivity contribution < 1.29 is 9.53 Å². The zero-order chi connectivity index (χ0) is 7.40. The molecule has 0 N–H and O–H groups in total. The van der Waals surface area contributed by atoms with Crippen LogP contribution in [0.3, 0.4) is 0 Å². The van der Waals surface area contributed by atoms with Gasteiger partial charge in [-0.15, -0.1) is 0 Å². The highest BCUT2D eigenvalue weighted by Gasteiger charge is 2.21. The monoisotopic (exact) mass is 142 g/mol. The van der Waals surface area contributed by atoms with Gasteiger partial charge in [0.2, 0.25) is 0 Å². The van der Waals surface area contributed by atoms with E-state index in [2.05, 4.69) is 10.1 Å². The van der Waals surface area contributed by atoms with E-state index < -0.39 is 0 Å². The molecule has 0 aromatic heterocycles. The minimum Gasteiger partial charge on any atom is -0.469 e. The summed E-state index contributed by atoms with van der Waals surface area (Å²) in [7, 11) is 1.43. The van der Waals surface area contributed by atoms with E-state index in [1.54, 1.807) is 0 Å². The zero-order valence-electron chi connectivity index (χ0n) is 6.17. The number of carbonyl (C=O) groups is 1. The van der Waals surface area contributed by atoms with Crippen molar-refractivity contribution in [3.05, 3.63) is 0 Å². The van der Waals surface area contributed by atoms with Crippen molar-refractivity contribution in [2.45, 2.75) is 12.8 Å². The van der Waals surface area contributed by atoms with Crippen molar-refractivity contribution in [2.24, 2.45) is 5.92 Å². The summed E-state index contributed by atoms with van der Waals surface area (Å²) < 4.78 is 4.59. The van der Waals surface area contributed by atoms with Crippen LogP contribution >= 0.6 is 0 Å². The molecule has 0 bridgehead atoms. The quantitative estimate of drug-likeness (QED) is 0.490. The maximum Gasteiger partial charge on any atom is 0.310 e.